The summed E-state index contributed by atoms with van der Waals surface area (Å²) in [5, 5.41) is 0. The van der Waals surface area contributed by atoms with E-state index in [0.29, 0.717) is 17.9 Å². The second kappa shape index (κ2) is 7.63. The quantitative estimate of drug-likeness (QED) is 0.315. The van der Waals surface area contributed by atoms with Crippen molar-refractivity contribution in [1.29, 1.82) is 0 Å². The molecule has 0 saturated carbocycles. The minimum absolute atomic E-state index is 0.228. The fourth-order valence-electron chi connectivity index (χ4n) is 1.17. The number of benzene rings is 1. The summed E-state index contributed by atoms with van der Waals surface area (Å²) >= 11 is 0. The summed E-state index contributed by atoms with van der Waals surface area (Å²) in [5.74, 6) is 0.0832. The molecule has 0 aliphatic carbocycles. The lowest BCUT2D eigenvalue weighted by molar-refractivity contribution is -0.130. The number of carbonyl (C=O) groups is 1. The molecule has 17 heavy (non-hydrogen) atoms. The van der Waals surface area contributed by atoms with Crippen molar-refractivity contribution in [2.75, 3.05) is 13.2 Å². The Hall–Kier alpha value is -1.61. The van der Waals surface area contributed by atoms with Crippen molar-refractivity contribution in [3.63, 3.8) is 0 Å². The van der Waals surface area contributed by atoms with Gasteiger partial charge in [0.1, 0.15) is 5.75 Å². The van der Waals surface area contributed by atoms with Gasteiger partial charge in [0.25, 0.3) is 0 Å². The standard InChI is InChI=1S/C14H18O3/c1-3-4-10-16-11-12(2)14(15)17-13-8-6-5-7-9-13/h5-9H,2-4,10-11H2,1H3. The summed E-state index contributed by atoms with van der Waals surface area (Å²) in [4.78, 5) is 11.6. The number of unbranched alkanes of at least 4 members (excludes halogenated alkanes) is 1. The molecule has 0 fully saturated rings. The molecule has 0 saturated heterocycles. The Morgan fingerprint density at radius 2 is 2.00 bits per heavy atom. The summed E-state index contributed by atoms with van der Waals surface area (Å²) in [6.45, 7) is 6.61. The molecule has 0 unspecified atom stereocenters. The van der Waals surface area contributed by atoms with E-state index in [1.54, 1.807) is 12.1 Å². The monoisotopic (exact) mass is 234 g/mol. The lowest BCUT2D eigenvalue weighted by atomic mass is 10.3. The van der Waals surface area contributed by atoms with Gasteiger partial charge in [0.15, 0.2) is 0 Å². The first-order valence-electron chi connectivity index (χ1n) is 5.76. The van der Waals surface area contributed by atoms with Crippen molar-refractivity contribution in [3.05, 3.63) is 42.5 Å². The average Bonchev–Trinajstić information content (AvgIpc) is 2.35. The Balaban J connectivity index is 2.30. The number of rotatable bonds is 7. The number of ether oxygens (including phenoxy) is 2. The second-order valence-electron chi connectivity index (χ2n) is 3.71. The maximum atomic E-state index is 11.6. The maximum Gasteiger partial charge on any atom is 0.341 e. The van der Waals surface area contributed by atoms with Crippen LogP contribution in [0, 0.1) is 0 Å². The van der Waals surface area contributed by atoms with Crippen LogP contribution in [0.4, 0.5) is 0 Å². The minimum atomic E-state index is -0.437. The highest BCUT2D eigenvalue weighted by Crippen LogP contribution is 2.10. The van der Waals surface area contributed by atoms with Gasteiger partial charge in [0.2, 0.25) is 0 Å². The van der Waals surface area contributed by atoms with Gasteiger partial charge in [-0.15, -0.1) is 0 Å². The Morgan fingerprint density at radius 3 is 2.65 bits per heavy atom. The van der Waals surface area contributed by atoms with E-state index in [1.165, 1.54) is 0 Å². The summed E-state index contributed by atoms with van der Waals surface area (Å²) in [6.07, 6.45) is 2.06. The molecule has 0 atom stereocenters. The van der Waals surface area contributed by atoms with E-state index >= 15 is 0 Å². The molecule has 0 spiro atoms. The topological polar surface area (TPSA) is 35.5 Å². The van der Waals surface area contributed by atoms with Crippen molar-refractivity contribution in [2.45, 2.75) is 19.8 Å². The third-order valence-electron chi connectivity index (χ3n) is 2.16. The minimum Gasteiger partial charge on any atom is -0.423 e. The molecular weight excluding hydrogens is 216 g/mol. The van der Waals surface area contributed by atoms with Gasteiger partial charge < -0.3 is 9.47 Å². The van der Waals surface area contributed by atoms with Crippen LogP contribution in [-0.2, 0) is 9.53 Å². The molecule has 0 N–H and O–H groups in total. The molecular formula is C14H18O3. The van der Waals surface area contributed by atoms with E-state index in [0.717, 1.165) is 12.8 Å². The number of hydrogen-bond acceptors (Lipinski definition) is 3. The van der Waals surface area contributed by atoms with Crippen LogP contribution < -0.4 is 4.74 Å². The van der Waals surface area contributed by atoms with Crippen molar-refractivity contribution in [2.24, 2.45) is 0 Å². The van der Waals surface area contributed by atoms with E-state index in [9.17, 15) is 4.79 Å². The van der Waals surface area contributed by atoms with Crippen LogP contribution >= 0.6 is 0 Å². The molecule has 0 amide bonds. The molecule has 0 aliphatic heterocycles. The van der Waals surface area contributed by atoms with Crippen molar-refractivity contribution < 1.29 is 14.3 Å². The Labute approximate surface area is 102 Å². The Morgan fingerprint density at radius 1 is 1.29 bits per heavy atom. The Kier molecular flexibility index (Phi) is 6.04. The fraction of sp³-hybridized carbons (Fsp3) is 0.357. The van der Waals surface area contributed by atoms with Crippen molar-refractivity contribution >= 4 is 5.97 Å². The number of hydrogen-bond donors (Lipinski definition) is 0. The highest BCUT2D eigenvalue weighted by Gasteiger charge is 2.09. The van der Waals surface area contributed by atoms with E-state index in [2.05, 4.69) is 13.5 Å². The lowest BCUT2D eigenvalue weighted by Gasteiger charge is -2.07. The van der Waals surface area contributed by atoms with Crippen molar-refractivity contribution in [1.82, 2.24) is 0 Å². The molecule has 1 rings (SSSR count). The van der Waals surface area contributed by atoms with Crippen LogP contribution in [0.5, 0.6) is 5.75 Å². The van der Waals surface area contributed by atoms with Gasteiger partial charge >= 0.3 is 5.97 Å². The first-order chi connectivity index (χ1) is 8.24. The molecule has 0 heterocycles. The zero-order valence-electron chi connectivity index (χ0n) is 10.1. The van der Waals surface area contributed by atoms with Crippen LogP contribution in [0.25, 0.3) is 0 Å². The van der Waals surface area contributed by atoms with Crippen LogP contribution in [0.2, 0.25) is 0 Å². The van der Waals surface area contributed by atoms with Gasteiger partial charge in [0.05, 0.1) is 12.2 Å². The van der Waals surface area contributed by atoms with E-state index < -0.39 is 5.97 Å². The van der Waals surface area contributed by atoms with Gasteiger partial charge in [-0.2, -0.15) is 0 Å². The largest absolute Gasteiger partial charge is 0.423 e. The number of para-hydroxylation sites is 1. The molecule has 0 aliphatic rings. The molecule has 3 heteroatoms. The summed E-state index contributed by atoms with van der Waals surface area (Å²) in [6, 6.07) is 8.93. The smallest absolute Gasteiger partial charge is 0.341 e. The van der Waals surface area contributed by atoms with E-state index in [-0.39, 0.29) is 6.61 Å². The van der Waals surface area contributed by atoms with Crippen LogP contribution in [0.15, 0.2) is 42.5 Å². The van der Waals surface area contributed by atoms with E-state index in [4.69, 9.17) is 9.47 Å². The molecule has 92 valence electrons. The number of esters is 1. The normalized spacial score (nSPS) is 9.94. The SMILES string of the molecule is C=C(COCCCC)C(=O)Oc1ccccc1. The van der Waals surface area contributed by atoms with E-state index in [1.807, 2.05) is 18.2 Å². The maximum absolute atomic E-state index is 11.6. The van der Waals surface area contributed by atoms with Crippen LogP contribution in [-0.4, -0.2) is 19.2 Å². The van der Waals surface area contributed by atoms with Crippen LogP contribution in [0.3, 0.4) is 0 Å². The molecule has 0 bridgehead atoms. The molecule has 3 nitrogen and oxygen atoms in total. The summed E-state index contributed by atoms with van der Waals surface area (Å²) in [5.41, 5.74) is 0.338. The van der Waals surface area contributed by atoms with Gasteiger partial charge in [0, 0.05) is 6.61 Å². The predicted molar refractivity (Wildman–Crippen MR) is 66.9 cm³/mol. The van der Waals surface area contributed by atoms with Gasteiger partial charge in [-0.3, -0.25) is 0 Å². The Bertz CT molecular complexity index is 357. The predicted octanol–water partition coefficient (Wildman–Crippen LogP) is 2.96. The first-order valence-corrected chi connectivity index (χ1v) is 5.76. The molecule has 1 aromatic rings. The molecule has 0 aromatic heterocycles. The van der Waals surface area contributed by atoms with Gasteiger partial charge in [-0.05, 0) is 18.6 Å². The van der Waals surface area contributed by atoms with Crippen molar-refractivity contribution in [3.8, 4) is 5.75 Å². The molecule has 1 aromatic carbocycles. The summed E-state index contributed by atoms with van der Waals surface area (Å²) in [7, 11) is 0. The first kappa shape index (κ1) is 13.5. The molecule has 0 radical (unpaired) electrons. The zero-order valence-corrected chi connectivity index (χ0v) is 10.1. The van der Waals surface area contributed by atoms with Crippen LogP contribution in [0.1, 0.15) is 19.8 Å². The lowest BCUT2D eigenvalue weighted by Crippen LogP contribution is -2.14. The summed E-state index contributed by atoms with van der Waals surface area (Å²) < 4.78 is 10.4. The third-order valence-corrected chi connectivity index (χ3v) is 2.16. The third kappa shape index (κ3) is 5.31. The average molecular weight is 234 g/mol. The zero-order chi connectivity index (χ0) is 12.5. The second-order valence-corrected chi connectivity index (χ2v) is 3.71. The highest BCUT2D eigenvalue weighted by molar-refractivity contribution is 5.89. The number of carbonyl (C=O) groups excluding carboxylic acids is 1. The van der Waals surface area contributed by atoms with Gasteiger partial charge in [-0.25, -0.2) is 4.79 Å². The van der Waals surface area contributed by atoms with Gasteiger partial charge in [-0.1, -0.05) is 38.1 Å². The highest BCUT2D eigenvalue weighted by atomic mass is 16.5. The fourth-order valence-corrected chi connectivity index (χ4v) is 1.17.